The third kappa shape index (κ3) is 1.91. The highest BCUT2D eigenvalue weighted by Crippen LogP contribution is 2.20. The molecule has 84 valence electrons. The van der Waals surface area contributed by atoms with Gasteiger partial charge in [-0.2, -0.15) is 0 Å². The number of imidazole rings is 1. The molecule has 15 heavy (non-hydrogen) atoms. The van der Waals surface area contributed by atoms with Crippen LogP contribution < -0.4 is 5.32 Å². The average Bonchev–Trinajstić information content (AvgIpc) is 2.66. The topological polar surface area (TPSA) is 64.0 Å². The first-order chi connectivity index (χ1) is 7.12. The summed E-state index contributed by atoms with van der Waals surface area (Å²) in [6, 6.07) is 0. The largest absolute Gasteiger partial charge is 0.325 e. The molecule has 1 aromatic rings. The Kier molecular flexibility index (Phi) is 2.79. The monoisotopic (exact) mass is 229 g/mol. The Morgan fingerprint density at radius 2 is 2.13 bits per heavy atom. The van der Waals surface area contributed by atoms with Gasteiger partial charge in [-0.25, -0.2) is 13.4 Å². The third-order valence-electron chi connectivity index (χ3n) is 2.76. The van der Waals surface area contributed by atoms with Crippen molar-refractivity contribution in [2.75, 3.05) is 13.1 Å². The minimum Gasteiger partial charge on any atom is -0.325 e. The van der Waals surface area contributed by atoms with Crippen LogP contribution in [-0.4, -0.2) is 36.3 Å². The zero-order valence-corrected chi connectivity index (χ0v) is 9.50. The Morgan fingerprint density at radius 3 is 2.67 bits per heavy atom. The lowest BCUT2D eigenvalue weighted by Gasteiger charge is -2.22. The summed E-state index contributed by atoms with van der Waals surface area (Å²) in [5, 5.41) is 3.07. The fourth-order valence-electron chi connectivity index (χ4n) is 1.88. The van der Waals surface area contributed by atoms with E-state index < -0.39 is 9.84 Å². The highest BCUT2D eigenvalue weighted by molar-refractivity contribution is 7.91. The van der Waals surface area contributed by atoms with Gasteiger partial charge in [0.2, 0.25) is 15.0 Å². The van der Waals surface area contributed by atoms with Crippen molar-refractivity contribution in [1.82, 2.24) is 14.9 Å². The smallest absolute Gasteiger partial charge is 0.227 e. The van der Waals surface area contributed by atoms with E-state index in [0.717, 1.165) is 13.1 Å². The number of hydrogen-bond donors (Lipinski definition) is 1. The van der Waals surface area contributed by atoms with Gasteiger partial charge in [0.1, 0.15) is 0 Å². The van der Waals surface area contributed by atoms with Crippen molar-refractivity contribution in [1.29, 1.82) is 0 Å². The van der Waals surface area contributed by atoms with Crippen LogP contribution in [0.25, 0.3) is 0 Å². The maximum Gasteiger partial charge on any atom is 0.227 e. The molecule has 1 aromatic heterocycles. The molecule has 0 amide bonds. The van der Waals surface area contributed by atoms with Gasteiger partial charge in [-0.1, -0.05) is 0 Å². The van der Waals surface area contributed by atoms with Crippen molar-refractivity contribution in [3.05, 3.63) is 12.4 Å². The van der Waals surface area contributed by atoms with E-state index in [1.165, 1.54) is 6.20 Å². The first-order valence-corrected chi connectivity index (χ1v) is 6.59. The summed E-state index contributed by atoms with van der Waals surface area (Å²) >= 11 is 0. The van der Waals surface area contributed by atoms with Gasteiger partial charge in [0.05, 0.1) is 5.25 Å². The maximum atomic E-state index is 12.2. The predicted molar refractivity (Wildman–Crippen MR) is 56.3 cm³/mol. The van der Waals surface area contributed by atoms with Crippen LogP contribution in [0.1, 0.15) is 12.8 Å². The first-order valence-electron chi connectivity index (χ1n) is 5.04. The van der Waals surface area contributed by atoms with Crippen molar-refractivity contribution in [3.63, 3.8) is 0 Å². The number of aryl methyl sites for hydroxylation is 1. The Labute approximate surface area is 89.4 Å². The van der Waals surface area contributed by atoms with Gasteiger partial charge in [-0.3, -0.25) is 0 Å². The van der Waals surface area contributed by atoms with Crippen LogP contribution in [0.3, 0.4) is 0 Å². The Hall–Kier alpha value is -0.880. The molecule has 2 rings (SSSR count). The minimum atomic E-state index is -3.24. The highest BCUT2D eigenvalue weighted by Gasteiger charge is 2.31. The number of sulfone groups is 1. The van der Waals surface area contributed by atoms with Gasteiger partial charge in [-0.05, 0) is 25.9 Å². The summed E-state index contributed by atoms with van der Waals surface area (Å²) in [6.45, 7) is 1.54. The Balaban J connectivity index is 2.30. The molecule has 5 nitrogen and oxygen atoms in total. The second kappa shape index (κ2) is 3.94. The number of aromatic nitrogens is 2. The number of rotatable bonds is 2. The van der Waals surface area contributed by atoms with Crippen LogP contribution in [0, 0.1) is 0 Å². The van der Waals surface area contributed by atoms with E-state index in [2.05, 4.69) is 10.3 Å². The molecule has 0 unspecified atom stereocenters. The molecule has 0 spiro atoms. The zero-order chi connectivity index (χ0) is 10.9. The lowest BCUT2D eigenvalue weighted by atomic mass is 10.2. The van der Waals surface area contributed by atoms with E-state index >= 15 is 0 Å². The number of nitrogens with one attached hydrogen (secondary N) is 1. The molecule has 0 bridgehead atoms. The molecule has 0 saturated carbocycles. The summed E-state index contributed by atoms with van der Waals surface area (Å²) in [5.41, 5.74) is 0. The van der Waals surface area contributed by atoms with Crippen LogP contribution in [0.2, 0.25) is 0 Å². The lowest BCUT2D eigenvalue weighted by molar-refractivity contribution is 0.490. The molecule has 1 saturated heterocycles. The molecule has 2 heterocycles. The van der Waals surface area contributed by atoms with E-state index in [9.17, 15) is 8.42 Å². The van der Waals surface area contributed by atoms with Crippen molar-refractivity contribution >= 4 is 9.84 Å². The zero-order valence-electron chi connectivity index (χ0n) is 8.68. The second-order valence-corrected chi connectivity index (χ2v) is 5.94. The Bertz CT molecular complexity index is 432. The van der Waals surface area contributed by atoms with E-state index in [-0.39, 0.29) is 10.4 Å². The van der Waals surface area contributed by atoms with Gasteiger partial charge in [0.15, 0.2) is 0 Å². The Morgan fingerprint density at radius 1 is 1.47 bits per heavy atom. The molecular formula is C9H15N3O2S. The summed E-state index contributed by atoms with van der Waals surface area (Å²) in [6.07, 6.45) is 4.53. The van der Waals surface area contributed by atoms with Gasteiger partial charge in [0.25, 0.3) is 0 Å². The van der Waals surface area contributed by atoms with Gasteiger partial charge >= 0.3 is 0 Å². The van der Waals surface area contributed by atoms with E-state index in [1.54, 1.807) is 17.8 Å². The van der Waals surface area contributed by atoms with Crippen molar-refractivity contribution in [2.45, 2.75) is 23.2 Å². The third-order valence-corrected chi connectivity index (χ3v) is 5.01. The van der Waals surface area contributed by atoms with Crippen molar-refractivity contribution in [3.8, 4) is 0 Å². The van der Waals surface area contributed by atoms with Gasteiger partial charge in [-0.15, -0.1) is 0 Å². The second-order valence-electron chi connectivity index (χ2n) is 3.82. The predicted octanol–water partition coefficient (Wildman–Crippen LogP) is -0.0542. The summed E-state index contributed by atoms with van der Waals surface area (Å²) in [4.78, 5) is 3.92. The lowest BCUT2D eigenvalue weighted by Crippen LogP contribution is -2.36. The van der Waals surface area contributed by atoms with E-state index in [4.69, 9.17) is 0 Å². The molecule has 1 aliphatic heterocycles. The van der Waals surface area contributed by atoms with Crippen LogP contribution in [0.4, 0.5) is 0 Å². The fourth-order valence-corrected chi connectivity index (χ4v) is 3.71. The quantitative estimate of drug-likeness (QED) is 0.772. The summed E-state index contributed by atoms with van der Waals surface area (Å²) in [5.74, 6) is 0. The minimum absolute atomic E-state index is 0.189. The normalized spacial score (nSPS) is 19.3. The van der Waals surface area contributed by atoms with Gasteiger partial charge in [0, 0.05) is 19.4 Å². The van der Waals surface area contributed by atoms with Gasteiger partial charge < -0.3 is 9.88 Å². The molecule has 0 aliphatic carbocycles. The molecule has 0 aromatic carbocycles. The summed E-state index contributed by atoms with van der Waals surface area (Å²) < 4.78 is 25.9. The highest BCUT2D eigenvalue weighted by atomic mass is 32.2. The molecule has 6 heteroatoms. The summed E-state index contributed by atoms with van der Waals surface area (Å²) in [7, 11) is -1.53. The number of nitrogens with zero attached hydrogens (tertiary/aromatic N) is 2. The SMILES string of the molecule is Cn1ccnc1S(=O)(=O)C1CCNCC1. The maximum absolute atomic E-state index is 12.2. The molecule has 1 aliphatic rings. The standard InChI is InChI=1S/C9H15N3O2S/c1-12-7-6-11-9(12)15(13,14)8-2-4-10-5-3-8/h6-8,10H,2-5H2,1H3. The molecular weight excluding hydrogens is 214 g/mol. The van der Waals surface area contributed by atoms with Crippen molar-refractivity contribution < 1.29 is 8.42 Å². The van der Waals surface area contributed by atoms with Crippen LogP contribution in [0.5, 0.6) is 0 Å². The average molecular weight is 229 g/mol. The first kappa shape index (κ1) is 10.6. The molecule has 1 fully saturated rings. The van der Waals surface area contributed by atoms with Crippen LogP contribution in [0.15, 0.2) is 17.6 Å². The molecule has 0 atom stereocenters. The molecule has 1 N–H and O–H groups in total. The number of piperidine rings is 1. The number of hydrogen-bond acceptors (Lipinski definition) is 4. The van der Waals surface area contributed by atoms with Crippen LogP contribution in [-0.2, 0) is 16.9 Å². The fraction of sp³-hybridized carbons (Fsp3) is 0.667. The van der Waals surface area contributed by atoms with Crippen LogP contribution >= 0.6 is 0 Å². The van der Waals surface area contributed by atoms with Crippen molar-refractivity contribution in [2.24, 2.45) is 7.05 Å². The van der Waals surface area contributed by atoms with E-state index in [1.807, 2.05) is 0 Å². The van der Waals surface area contributed by atoms with E-state index in [0.29, 0.717) is 12.8 Å². The molecule has 0 radical (unpaired) electrons.